The summed E-state index contributed by atoms with van der Waals surface area (Å²) in [5, 5.41) is 0. The summed E-state index contributed by atoms with van der Waals surface area (Å²) in [5.41, 5.74) is 7.39. The van der Waals surface area contributed by atoms with E-state index in [9.17, 15) is 0 Å². The van der Waals surface area contributed by atoms with Crippen LogP contribution in [0.15, 0.2) is 22.7 Å². The van der Waals surface area contributed by atoms with Crippen LogP contribution in [0.1, 0.15) is 24.9 Å². The van der Waals surface area contributed by atoms with Crippen LogP contribution in [0.4, 0.5) is 0 Å². The van der Waals surface area contributed by atoms with E-state index in [0.717, 1.165) is 28.8 Å². The van der Waals surface area contributed by atoms with Gasteiger partial charge in [-0.3, -0.25) is 0 Å². The molecule has 3 unspecified atom stereocenters. The summed E-state index contributed by atoms with van der Waals surface area (Å²) in [7, 11) is 1.66. The van der Waals surface area contributed by atoms with Crippen LogP contribution in [-0.4, -0.2) is 33.0 Å². The maximum atomic E-state index is 6.32. The van der Waals surface area contributed by atoms with E-state index in [2.05, 4.69) is 22.9 Å². The predicted molar refractivity (Wildman–Crippen MR) is 82.0 cm³/mol. The SMILES string of the molecule is COCCOc1ccc(C(N)C2OCCC2C)cc1Br. The maximum absolute atomic E-state index is 6.32. The molecule has 0 aromatic heterocycles. The van der Waals surface area contributed by atoms with E-state index in [1.807, 2.05) is 18.2 Å². The van der Waals surface area contributed by atoms with Crippen LogP contribution in [-0.2, 0) is 9.47 Å². The predicted octanol–water partition coefficient (Wildman–Crippen LogP) is 2.90. The zero-order chi connectivity index (χ0) is 14.5. The molecule has 1 aromatic rings. The first-order valence-corrected chi connectivity index (χ1v) is 7.71. The first-order valence-electron chi connectivity index (χ1n) is 6.92. The third-order valence-electron chi connectivity index (χ3n) is 3.68. The monoisotopic (exact) mass is 343 g/mol. The zero-order valence-electron chi connectivity index (χ0n) is 12.0. The molecule has 0 radical (unpaired) electrons. The Kier molecular flexibility index (Phi) is 5.84. The first kappa shape index (κ1) is 15.8. The lowest BCUT2D eigenvalue weighted by molar-refractivity contribution is 0.0724. The summed E-state index contributed by atoms with van der Waals surface area (Å²) < 4.78 is 17.2. The molecule has 0 aliphatic carbocycles. The summed E-state index contributed by atoms with van der Waals surface area (Å²) in [5.74, 6) is 1.31. The Morgan fingerprint density at radius 1 is 1.45 bits per heavy atom. The van der Waals surface area contributed by atoms with Crippen molar-refractivity contribution >= 4 is 15.9 Å². The molecular formula is C15H22BrNO3. The molecule has 1 heterocycles. The van der Waals surface area contributed by atoms with Gasteiger partial charge in [-0.05, 0) is 46.0 Å². The minimum atomic E-state index is -0.100. The van der Waals surface area contributed by atoms with Crippen molar-refractivity contribution in [3.8, 4) is 5.75 Å². The molecule has 0 amide bonds. The zero-order valence-corrected chi connectivity index (χ0v) is 13.6. The van der Waals surface area contributed by atoms with Crippen LogP contribution in [0.25, 0.3) is 0 Å². The fourth-order valence-electron chi connectivity index (χ4n) is 2.44. The molecule has 1 aliphatic rings. The standard InChI is InChI=1S/C15H22BrNO3/c1-10-5-6-20-15(10)14(17)11-3-4-13(12(16)9-11)19-8-7-18-2/h3-4,9-10,14-15H,5-8,17H2,1-2H3. The lowest BCUT2D eigenvalue weighted by Crippen LogP contribution is -2.29. The van der Waals surface area contributed by atoms with Gasteiger partial charge in [0.15, 0.2) is 0 Å². The van der Waals surface area contributed by atoms with Crippen molar-refractivity contribution in [3.63, 3.8) is 0 Å². The van der Waals surface area contributed by atoms with E-state index in [4.69, 9.17) is 19.9 Å². The third-order valence-corrected chi connectivity index (χ3v) is 4.30. The van der Waals surface area contributed by atoms with Crippen molar-refractivity contribution < 1.29 is 14.2 Å². The molecule has 1 aliphatic heterocycles. The summed E-state index contributed by atoms with van der Waals surface area (Å²) in [6.07, 6.45) is 1.18. The second-order valence-electron chi connectivity index (χ2n) is 5.16. The van der Waals surface area contributed by atoms with Gasteiger partial charge in [0.05, 0.1) is 23.2 Å². The summed E-state index contributed by atoms with van der Waals surface area (Å²) in [6.45, 7) is 4.10. The van der Waals surface area contributed by atoms with Crippen molar-refractivity contribution in [2.75, 3.05) is 26.9 Å². The normalized spacial score (nSPS) is 23.8. The number of nitrogens with two attached hydrogens (primary N) is 1. The van der Waals surface area contributed by atoms with Crippen LogP contribution in [0.3, 0.4) is 0 Å². The van der Waals surface area contributed by atoms with Gasteiger partial charge in [-0.15, -0.1) is 0 Å². The lowest BCUT2D eigenvalue weighted by Gasteiger charge is -2.23. The Morgan fingerprint density at radius 2 is 2.25 bits per heavy atom. The van der Waals surface area contributed by atoms with Gasteiger partial charge in [-0.25, -0.2) is 0 Å². The van der Waals surface area contributed by atoms with Gasteiger partial charge in [0.1, 0.15) is 12.4 Å². The summed E-state index contributed by atoms with van der Waals surface area (Å²) >= 11 is 3.53. The minimum Gasteiger partial charge on any atom is -0.490 e. The summed E-state index contributed by atoms with van der Waals surface area (Å²) in [6, 6.07) is 5.86. The molecule has 2 rings (SSSR count). The Morgan fingerprint density at radius 3 is 2.85 bits per heavy atom. The fraction of sp³-hybridized carbons (Fsp3) is 0.600. The van der Waals surface area contributed by atoms with Gasteiger partial charge in [0.2, 0.25) is 0 Å². The molecule has 2 N–H and O–H groups in total. The Balaban J connectivity index is 2.04. The number of halogens is 1. The Labute approximate surface area is 128 Å². The van der Waals surface area contributed by atoms with Crippen molar-refractivity contribution in [2.45, 2.75) is 25.5 Å². The average Bonchev–Trinajstić information content (AvgIpc) is 2.86. The highest BCUT2D eigenvalue weighted by molar-refractivity contribution is 9.10. The maximum Gasteiger partial charge on any atom is 0.133 e. The van der Waals surface area contributed by atoms with Gasteiger partial charge in [0, 0.05) is 13.7 Å². The second kappa shape index (κ2) is 7.41. The smallest absolute Gasteiger partial charge is 0.133 e. The van der Waals surface area contributed by atoms with Crippen LogP contribution in [0.2, 0.25) is 0 Å². The van der Waals surface area contributed by atoms with Gasteiger partial charge >= 0.3 is 0 Å². The molecule has 1 fully saturated rings. The van der Waals surface area contributed by atoms with Crippen molar-refractivity contribution in [1.29, 1.82) is 0 Å². The van der Waals surface area contributed by atoms with Crippen molar-refractivity contribution in [2.24, 2.45) is 11.7 Å². The molecule has 112 valence electrons. The third kappa shape index (κ3) is 3.73. The van der Waals surface area contributed by atoms with E-state index in [1.165, 1.54) is 0 Å². The first-order chi connectivity index (χ1) is 9.63. The Bertz CT molecular complexity index is 441. The van der Waals surface area contributed by atoms with Gasteiger partial charge in [-0.1, -0.05) is 13.0 Å². The van der Waals surface area contributed by atoms with Crippen LogP contribution in [0, 0.1) is 5.92 Å². The van der Waals surface area contributed by atoms with Gasteiger partial charge in [-0.2, -0.15) is 0 Å². The average molecular weight is 344 g/mol. The number of hydrogen-bond acceptors (Lipinski definition) is 4. The number of ether oxygens (including phenoxy) is 3. The number of rotatable bonds is 6. The molecule has 3 atom stereocenters. The molecule has 20 heavy (non-hydrogen) atoms. The molecular weight excluding hydrogens is 322 g/mol. The van der Waals surface area contributed by atoms with Gasteiger partial charge in [0.25, 0.3) is 0 Å². The molecule has 0 saturated carbocycles. The Hall–Kier alpha value is -0.620. The molecule has 0 spiro atoms. The quantitative estimate of drug-likeness (QED) is 0.807. The molecule has 1 saturated heterocycles. The fourth-order valence-corrected chi connectivity index (χ4v) is 2.95. The van der Waals surface area contributed by atoms with Crippen molar-refractivity contribution in [1.82, 2.24) is 0 Å². The van der Waals surface area contributed by atoms with E-state index >= 15 is 0 Å². The number of benzene rings is 1. The molecule has 5 heteroatoms. The molecule has 4 nitrogen and oxygen atoms in total. The minimum absolute atomic E-state index is 0.0992. The van der Waals surface area contributed by atoms with E-state index in [1.54, 1.807) is 7.11 Å². The topological polar surface area (TPSA) is 53.7 Å². The van der Waals surface area contributed by atoms with E-state index < -0.39 is 0 Å². The van der Waals surface area contributed by atoms with E-state index in [-0.39, 0.29) is 12.1 Å². The second-order valence-corrected chi connectivity index (χ2v) is 6.01. The van der Waals surface area contributed by atoms with Crippen LogP contribution in [0.5, 0.6) is 5.75 Å². The van der Waals surface area contributed by atoms with Crippen molar-refractivity contribution in [3.05, 3.63) is 28.2 Å². The lowest BCUT2D eigenvalue weighted by atomic mass is 9.93. The molecule has 1 aromatic carbocycles. The highest BCUT2D eigenvalue weighted by Gasteiger charge is 2.30. The van der Waals surface area contributed by atoms with Crippen LogP contribution >= 0.6 is 15.9 Å². The number of hydrogen-bond donors (Lipinski definition) is 1. The highest BCUT2D eigenvalue weighted by Crippen LogP contribution is 2.33. The molecule has 0 bridgehead atoms. The largest absolute Gasteiger partial charge is 0.490 e. The van der Waals surface area contributed by atoms with E-state index in [0.29, 0.717) is 19.1 Å². The number of methoxy groups -OCH3 is 1. The van der Waals surface area contributed by atoms with Gasteiger partial charge < -0.3 is 19.9 Å². The highest BCUT2D eigenvalue weighted by atomic mass is 79.9. The summed E-state index contributed by atoms with van der Waals surface area (Å²) in [4.78, 5) is 0. The van der Waals surface area contributed by atoms with Crippen LogP contribution < -0.4 is 10.5 Å².